The molecular formula is C31H46O6. The quantitative estimate of drug-likeness (QED) is 0.300. The molecule has 4 aliphatic rings. The summed E-state index contributed by atoms with van der Waals surface area (Å²) in [4.78, 5) is 12.7. The number of epoxide rings is 1. The van der Waals surface area contributed by atoms with Gasteiger partial charge in [0, 0.05) is 12.5 Å². The van der Waals surface area contributed by atoms with Gasteiger partial charge < -0.3 is 24.4 Å². The Morgan fingerprint density at radius 2 is 2.00 bits per heavy atom. The molecule has 0 amide bonds. The summed E-state index contributed by atoms with van der Waals surface area (Å²) in [5, 5.41) is 21.7. The Morgan fingerprint density at radius 1 is 1.16 bits per heavy atom. The number of carbonyl (C=O) groups excluding carboxylic acids is 1. The Kier molecular flexibility index (Phi) is 9.84. The van der Waals surface area contributed by atoms with Gasteiger partial charge in [-0.3, -0.25) is 0 Å². The Hall–Kier alpha value is -1.73. The van der Waals surface area contributed by atoms with Crippen molar-refractivity contribution in [3.05, 3.63) is 48.6 Å². The third kappa shape index (κ3) is 8.91. The average molecular weight is 515 g/mol. The molecule has 0 aromatic heterocycles. The first-order chi connectivity index (χ1) is 17.7. The molecule has 3 heterocycles. The van der Waals surface area contributed by atoms with E-state index in [1.807, 2.05) is 6.08 Å². The largest absolute Gasteiger partial charge is 0.456 e. The minimum absolute atomic E-state index is 0.0589. The first-order valence-electron chi connectivity index (χ1n) is 14.2. The van der Waals surface area contributed by atoms with Gasteiger partial charge in [-0.25, -0.2) is 4.79 Å². The van der Waals surface area contributed by atoms with Crippen molar-refractivity contribution in [2.24, 2.45) is 11.3 Å². The van der Waals surface area contributed by atoms with Gasteiger partial charge in [-0.15, -0.1) is 0 Å². The van der Waals surface area contributed by atoms with Crippen LogP contribution >= 0.6 is 0 Å². The number of allylic oxidation sites excluding steroid dienone is 1. The molecule has 2 N–H and O–H groups in total. The van der Waals surface area contributed by atoms with Crippen LogP contribution in [-0.4, -0.2) is 58.9 Å². The zero-order chi connectivity index (χ0) is 26.4. The smallest absolute Gasteiger partial charge is 0.330 e. The van der Waals surface area contributed by atoms with Crippen molar-refractivity contribution in [3.8, 4) is 0 Å². The van der Waals surface area contributed by atoms with E-state index >= 15 is 0 Å². The second-order valence-corrected chi connectivity index (χ2v) is 12.3. The molecule has 2 unspecified atom stereocenters. The van der Waals surface area contributed by atoms with Crippen molar-refractivity contribution in [3.63, 3.8) is 0 Å². The summed E-state index contributed by atoms with van der Waals surface area (Å²) in [7, 11) is 0. The molecule has 1 aliphatic carbocycles. The molecular weight excluding hydrogens is 468 g/mol. The van der Waals surface area contributed by atoms with E-state index in [2.05, 4.69) is 32.6 Å². The van der Waals surface area contributed by atoms with Gasteiger partial charge in [-0.1, -0.05) is 62.8 Å². The van der Waals surface area contributed by atoms with Crippen molar-refractivity contribution in [1.29, 1.82) is 0 Å². The summed E-state index contributed by atoms with van der Waals surface area (Å²) >= 11 is 0. The lowest BCUT2D eigenvalue weighted by molar-refractivity contribution is -0.148. The second kappa shape index (κ2) is 12.9. The Labute approximate surface area is 222 Å². The van der Waals surface area contributed by atoms with Crippen LogP contribution in [0, 0.1) is 11.3 Å². The molecule has 2 bridgehead atoms. The normalized spacial score (nSPS) is 38.3. The van der Waals surface area contributed by atoms with Crippen LogP contribution in [0.15, 0.2) is 48.6 Å². The van der Waals surface area contributed by atoms with Crippen molar-refractivity contribution < 1.29 is 29.2 Å². The van der Waals surface area contributed by atoms with Gasteiger partial charge in [-0.2, -0.15) is 0 Å². The summed E-state index contributed by atoms with van der Waals surface area (Å²) in [5.41, 5.74) is 1.32. The number of fused-ring (bicyclic) bond motifs is 3. The Balaban J connectivity index is 1.43. The van der Waals surface area contributed by atoms with Gasteiger partial charge in [0.2, 0.25) is 0 Å². The van der Waals surface area contributed by atoms with E-state index in [-0.39, 0.29) is 24.4 Å². The van der Waals surface area contributed by atoms with Crippen molar-refractivity contribution >= 4 is 5.97 Å². The van der Waals surface area contributed by atoms with Crippen molar-refractivity contribution in [2.75, 3.05) is 0 Å². The Bertz CT molecular complexity index is 873. The standard InChI is InChI=1S/C31H46O6/c1-21-8-4-10-23-11-5-12-24(35-23)13-6-14-29(34)36-27(19-28-30(37-28)26(33)18-21)25(32)16-15-22-9-7-17-31(2,3)20-22/h5-6,12,14-16,22-28,30,32-33H,1,4,7-11,13,17-20H2,2-3H3/t22?,23-,24+,25+,26+,27?,28+,30+/m1/s1. The number of ether oxygens (including phenoxy) is 3. The minimum Gasteiger partial charge on any atom is -0.456 e. The molecule has 3 aliphatic heterocycles. The van der Waals surface area contributed by atoms with Crippen molar-refractivity contribution in [1.82, 2.24) is 0 Å². The van der Waals surface area contributed by atoms with Crippen LogP contribution in [0.3, 0.4) is 0 Å². The molecule has 0 aromatic rings. The number of rotatable bonds is 3. The van der Waals surface area contributed by atoms with E-state index in [1.165, 1.54) is 18.9 Å². The molecule has 37 heavy (non-hydrogen) atoms. The number of hydrogen-bond acceptors (Lipinski definition) is 6. The highest BCUT2D eigenvalue weighted by atomic mass is 16.6. The predicted octanol–water partition coefficient (Wildman–Crippen LogP) is 5.34. The molecule has 6 nitrogen and oxygen atoms in total. The highest BCUT2D eigenvalue weighted by Gasteiger charge is 2.46. The van der Waals surface area contributed by atoms with Crippen molar-refractivity contribution in [2.45, 2.75) is 127 Å². The fourth-order valence-electron chi connectivity index (χ4n) is 6.12. The van der Waals surface area contributed by atoms with Crippen LogP contribution < -0.4 is 0 Å². The highest BCUT2D eigenvalue weighted by Crippen LogP contribution is 2.39. The van der Waals surface area contributed by atoms with E-state index < -0.39 is 24.3 Å². The van der Waals surface area contributed by atoms with E-state index in [9.17, 15) is 15.0 Å². The third-order valence-electron chi connectivity index (χ3n) is 8.23. The lowest BCUT2D eigenvalue weighted by atomic mass is 9.72. The molecule has 6 heteroatoms. The monoisotopic (exact) mass is 514 g/mol. The number of aliphatic hydroxyl groups excluding tert-OH is 2. The predicted molar refractivity (Wildman–Crippen MR) is 144 cm³/mol. The summed E-state index contributed by atoms with van der Waals surface area (Å²) in [6.07, 6.45) is 18.2. The second-order valence-electron chi connectivity index (χ2n) is 12.3. The molecule has 4 rings (SSSR count). The maximum absolute atomic E-state index is 12.7. The number of hydrogen-bond donors (Lipinski definition) is 2. The lowest BCUT2D eigenvalue weighted by Gasteiger charge is -2.34. The molecule has 2 fully saturated rings. The van der Waals surface area contributed by atoms with E-state index in [0.717, 1.165) is 44.1 Å². The van der Waals surface area contributed by atoms with Crippen LogP contribution in [0.25, 0.3) is 0 Å². The number of cyclic esters (lactones) is 1. The number of aliphatic hydroxyl groups is 2. The molecule has 1 saturated heterocycles. The minimum atomic E-state index is -0.935. The summed E-state index contributed by atoms with van der Waals surface area (Å²) in [6.45, 7) is 8.75. The first kappa shape index (κ1) is 28.3. The van der Waals surface area contributed by atoms with Gasteiger partial charge in [0.25, 0.3) is 0 Å². The van der Waals surface area contributed by atoms with Gasteiger partial charge in [-0.05, 0) is 69.1 Å². The van der Waals surface area contributed by atoms with Crippen LogP contribution in [0.5, 0.6) is 0 Å². The zero-order valence-corrected chi connectivity index (χ0v) is 22.6. The van der Waals surface area contributed by atoms with Crippen LogP contribution in [0.1, 0.15) is 84.5 Å². The SMILES string of the molecule is C=C1CCC[C@@H]2CC=C[C@@H](CC=CC(=O)OC([C@@H](O)C=CC3CCCC(C)(C)C3)C[C@@H]3O[C@H]3[C@@H](O)C1)O2. The van der Waals surface area contributed by atoms with E-state index in [0.29, 0.717) is 30.6 Å². The molecule has 206 valence electrons. The molecule has 1 saturated carbocycles. The van der Waals surface area contributed by atoms with Gasteiger partial charge in [0.05, 0.1) is 24.4 Å². The molecule has 8 atom stereocenters. The van der Waals surface area contributed by atoms with Gasteiger partial charge >= 0.3 is 5.97 Å². The van der Waals surface area contributed by atoms with Crippen LogP contribution in [-0.2, 0) is 19.0 Å². The average Bonchev–Trinajstić information content (AvgIpc) is 3.61. The summed E-state index contributed by atoms with van der Waals surface area (Å²) < 4.78 is 17.7. The highest BCUT2D eigenvalue weighted by molar-refractivity contribution is 5.82. The summed E-state index contributed by atoms with van der Waals surface area (Å²) in [6, 6.07) is 0. The van der Waals surface area contributed by atoms with Gasteiger partial charge in [0.15, 0.2) is 0 Å². The number of esters is 1. The lowest BCUT2D eigenvalue weighted by Crippen LogP contribution is -2.32. The maximum Gasteiger partial charge on any atom is 0.330 e. The fraction of sp³-hybridized carbons (Fsp3) is 0.710. The third-order valence-corrected chi connectivity index (χ3v) is 8.23. The van der Waals surface area contributed by atoms with Crippen LogP contribution in [0.2, 0.25) is 0 Å². The first-order valence-corrected chi connectivity index (χ1v) is 14.2. The van der Waals surface area contributed by atoms with Gasteiger partial charge in [0.1, 0.15) is 18.3 Å². The number of carbonyl (C=O) groups is 1. The topological polar surface area (TPSA) is 88.5 Å². The fourth-order valence-corrected chi connectivity index (χ4v) is 6.12. The van der Waals surface area contributed by atoms with E-state index in [4.69, 9.17) is 14.2 Å². The van der Waals surface area contributed by atoms with Crippen LogP contribution in [0.4, 0.5) is 0 Å². The van der Waals surface area contributed by atoms with E-state index in [1.54, 1.807) is 12.2 Å². The Morgan fingerprint density at radius 3 is 2.81 bits per heavy atom. The summed E-state index contributed by atoms with van der Waals surface area (Å²) in [5.74, 6) is -0.0711. The molecule has 0 aromatic carbocycles. The molecule has 0 spiro atoms. The molecule has 0 radical (unpaired) electrons. The zero-order valence-electron chi connectivity index (χ0n) is 22.6. The maximum atomic E-state index is 12.7.